The number of halogens is 3. The van der Waals surface area contributed by atoms with Crippen LogP contribution >= 0.6 is 23.1 Å². The Kier molecular flexibility index (Phi) is 4.99. The normalized spacial score (nSPS) is 11.7. The average Bonchev–Trinajstić information content (AvgIpc) is 2.80. The molecule has 1 N–H and O–H groups in total. The Balaban J connectivity index is 2.30. The third-order valence-electron chi connectivity index (χ3n) is 2.21. The summed E-state index contributed by atoms with van der Waals surface area (Å²) in [6.07, 6.45) is -3.81. The van der Waals surface area contributed by atoms with Crippen molar-refractivity contribution in [2.45, 2.75) is 35.8 Å². The molecule has 5 nitrogen and oxygen atoms in total. The highest BCUT2D eigenvalue weighted by Gasteiger charge is 2.35. The molecule has 2 aromatic rings. The van der Waals surface area contributed by atoms with Crippen molar-refractivity contribution in [3.05, 3.63) is 16.9 Å². The maximum absolute atomic E-state index is 12.8. The van der Waals surface area contributed by atoms with E-state index >= 15 is 0 Å². The van der Waals surface area contributed by atoms with Gasteiger partial charge < -0.3 is 5.32 Å². The monoisotopic (exact) mass is 335 g/mol. The van der Waals surface area contributed by atoms with Crippen LogP contribution in [0.25, 0.3) is 0 Å². The fourth-order valence-corrected chi connectivity index (χ4v) is 3.12. The standard InChI is InChI=1S/C11H12F3N5S2/c1-3-4-15-7-5-8(17-9(16-7)11(12,13)14)21-10-19-18-6(2)20-10/h5H,3-4H2,1-2H3,(H,15,16,17). The third kappa shape index (κ3) is 4.53. The van der Waals surface area contributed by atoms with E-state index in [-0.39, 0.29) is 10.8 Å². The molecule has 0 aliphatic rings. The van der Waals surface area contributed by atoms with E-state index in [1.54, 1.807) is 6.92 Å². The molecule has 10 heteroatoms. The second kappa shape index (κ2) is 6.56. The van der Waals surface area contributed by atoms with Crippen LogP contribution in [0.1, 0.15) is 24.2 Å². The van der Waals surface area contributed by atoms with Crippen molar-refractivity contribution in [3.63, 3.8) is 0 Å². The fraction of sp³-hybridized carbons (Fsp3) is 0.455. The van der Waals surface area contributed by atoms with E-state index in [9.17, 15) is 13.2 Å². The van der Waals surface area contributed by atoms with Gasteiger partial charge in [-0.25, -0.2) is 9.97 Å². The van der Waals surface area contributed by atoms with Crippen molar-refractivity contribution in [2.75, 3.05) is 11.9 Å². The van der Waals surface area contributed by atoms with Gasteiger partial charge in [-0.3, -0.25) is 0 Å². The van der Waals surface area contributed by atoms with Crippen LogP contribution in [0.5, 0.6) is 0 Å². The van der Waals surface area contributed by atoms with E-state index in [4.69, 9.17) is 0 Å². The number of hydrogen-bond donors (Lipinski definition) is 1. The molecule has 2 heterocycles. The van der Waals surface area contributed by atoms with Gasteiger partial charge in [-0.2, -0.15) is 13.2 Å². The first kappa shape index (κ1) is 16.0. The minimum atomic E-state index is -4.59. The number of aromatic nitrogens is 4. The van der Waals surface area contributed by atoms with Crippen molar-refractivity contribution < 1.29 is 13.2 Å². The van der Waals surface area contributed by atoms with Gasteiger partial charge >= 0.3 is 6.18 Å². The first-order valence-electron chi connectivity index (χ1n) is 6.06. The van der Waals surface area contributed by atoms with Gasteiger partial charge in [0.15, 0.2) is 4.34 Å². The van der Waals surface area contributed by atoms with E-state index in [0.717, 1.165) is 23.2 Å². The highest BCUT2D eigenvalue weighted by molar-refractivity contribution is 8.01. The van der Waals surface area contributed by atoms with E-state index in [1.165, 1.54) is 17.4 Å². The lowest BCUT2D eigenvalue weighted by Crippen LogP contribution is -2.14. The number of nitrogens with zero attached hydrogens (tertiary/aromatic N) is 4. The van der Waals surface area contributed by atoms with Crippen LogP contribution in [0.2, 0.25) is 0 Å². The lowest BCUT2D eigenvalue weighted by molar-refractivity contribution is -0.145. The molecule has 0 saturated heterocycles. The Labute approximate surface area is 127 Å². The van der Waals surface area contributed by atoms with E-state index < -0.39 is 12.0 Å². The quantitative estimate of drug-likeness (QED) is 0.842. The Morgan fingerprint density at radius 3 is 2.62 bits per heavy atom. The molecule has 0 radical (unpaired) electrons. The Morgan fingerprint density at radius 1 is 1.29 bits per heavy atom. The van der Waals surface area contributed by atoms with Gasteiger partial charge in [-0.05, 0) is 25.1 Å². The number of aryl methyl sites for hydroxylation is 1. The minimum Gasteiger partial charge on any atom is -0.370 e. The second-order valence-electron chi connectivity index (χ2n) is 4.03. The van der Waals surface area contributed by atoms with Crippen LogP contribution in [0.3, 0.4) is 0 Å². The Hall–Kier alpha value is -1.42. The van der Waals surface area contributed by atoms with Crippen LogP contribution in [0, 0.1) is 6.92 Å². The molecule has 114 valence electrons. The molecule has 0 bridgehead atoms. The molecule has 21 heavy (non-hydrogen) atoms. The van der Waals surface area contributed by atoms with Crippen LogP contribution in [-0.2, 0) is 6.18 Å². The number of alkyl halides is 3. The first-order valence-corrected chi connectivity index (χ1v) is 7.70. The van der Waals surface area contributed by atoms with Crippen molar-refractivity contribution in [1.82, 2.24) is 20.2 Å². The molecule has 0 amide bonds. The van der Waals surface area contributed by atoms with Gasteiger partial charge in [0.05, 0.1) is 0 Å². The van der Waals surface area contributed by atoms with Crippen molar-refractivity contribution in [1.29, 1.82) is 0 Å². The number of rotatable bonds is 5. The van der Waals surface area contributed by atoms with E-state index in [2.05, 4.69) is 25.5 Å². The number of anilines is 1. The summed E-state index contributed by atoms with van der Waals surface area (Å²) in [6.45, 7) is 4.23. The predicted octanol–water partition coefficient (Wildman–Crippen LogP) is 3.63. The molecule has 0 aliphatic carbocycles. The topological polar surface area (TPSA) is 63.6 Å². The van der Waals surface area contributed by atoms with Gasteiger partial charge in [0.2, 0.25) is 5.82 Å². The van der Waals surface area contributed by atoms with E-state index in [1.807, 2.05) is 6.92 Å². The zero-order chi connectivity index (χ0) is 15.5. The molecule has 2 aromatic heterocycles. The highest BCUT2D eigenvalue weighted by Crippen LogP contribution is 2.33. The maximum atomic E-state index is 12.8. The number of nitrogens with one attached hydrogen (secondary N) is 1. The zero-order valence-corrected chi connectivity index (χ0v) is 12.9. The summed E-state index contributed by atoms with van der Waals surface area (Å²) < 4.78 is 39.0. The van der Waals surface area contributed by atoms with Crippen LogP contribution in [0.4, 0.5) is 19.0 Å². The summed E-state index contributed by atoms with van der Waals surface area (Å²) >= 11 is 2.34. The van der Waals surface area contributed by atoms with Crippen molar-refractivity contribution in [2.24, 2.45) is 0 Å². The highest BCUT2D eigenvalue weighted by atomic mass is 32.2. The average molecular weight is 335 g/mol. The fourth-order valence-electron chi connectivity index (χ4n) is 1.36. The zero-order valence-electron chi connectivity index (χ0n) is 11.2. The number of hydrogen-bond acceptors (Lipinski definition) is 7. The summed E-state index contributed by atoms with van der Waals surface area (Å²) in [4.78, 5) is 7.04. The lowest BCUT2D eigenvalue weighted by atomic mass is 10.4. The van der Waals surface area contributed by atoms with Gasteiger partial charge in [0, 0.05) is 12.6 Å². The molecule has 0 fully saturated rings. The summed E-state index contributed by atoms with van der Waals surface area (Å²) in [5, 5.41) is 11.5. The summed E-state index contributed by atoms with van der Waals surface area (Å²) in [6, 6.07) is 1.48. The predicted molar refractivity (Wildman–Crippen MR) is 74.6 cm³/mol. The summed E-state index contributed by atoms with van der Waals surface area (Å²) in [7, 11) is 0. The summed E-state index contributed by atoms with van der Waals surface area (Å²) in [5.74, 6) is -1.00. The van der Waals surface area contributed by atoms with Crippen molar-refractivity contribution in [3.8, 4) is 0 Å². The molecule has 0 spiro atoms. The second-order valence-corrected chi connectivity index (χ2v) is 6.48. The molecule has 0 unspecified atom stereocenters. The Morgan fingerprint density at radius 2 is 2.05 bits per heavy atom. The SMILES string of the molecule is CCCNc1cc(Sc2nnc(C)s2)nc(C(F)(F)F)n1. The van der Waals surface area contributed by atoms with Gasteiger partial charge in [-0.1, -0.05) is 18.3 Å². The smallest absolute Gasteiger partial charge is 0.370 e. The lowest BCUT2D eigenvalue weighted by Gasteiger charge is -2.10. The molecular weight excluding hydrogens is 323 g/mol. The largest absolute Gasteiger partial charge is 0.451 e. The van der Waals surface area contributed by atoms with Crippen molar-refractivity contribution >= 4 is 28.9 Å². The molecule has 0 aliphatic heterocycles. The van der Waals surface area contributed by atoms with E-state index in [0.29, 0.717) is 10.9 Å². The Bertz CT molecular complexity index is 614. The third-order valence-corrected chi connectivity index (χ3v) is 4.02. The molecule has 2 rings (SSSR count). The van der Waals surface area contributed by atoms with Crippen LogP contribution < -0.4 is 5.32 Å². The minimum absolute atomic E-state index is 0.155. The van der Waals surface area contributed by atoms with Gasteiger partial charge in [-0.15, -0.1) is 10.2 Å². The van der Waals surface area contributed by atoms with Gasteiger partial charge in [0.1, 0.15) is 15.9 Å². The van der Waals surface area contributed by atoms with Crippen LogP contribution in [0.15, 0.2) is 15.4 Å². The van der Waals surface area contributed by atoms with Gasteiger partial charge in [0.25, 0.3) is 0 Å². The molecule has 0 atom stereocenters. The summed E-state index contributed by atoms with van der Waals surface area (Å²) in [5.41, 5.74) is 0. The maximum Gasteiger partial charge on any atom is 0.451 e. The molecule has 0 saturated carbocycles. The molecular formula is C11H12F3N5S2. The first-order chi connectivity index (χ1) is 9.88. The van der Waals surface area contributed by atoms with Crippen LogP contribution in [-0.4, -0.2) is 26.7 Å². The molecule has 0 aromatic carbocycles.